The van der Waals surface area contributed by atoms with Gasteiger partial charge in [0.05, 0.1) is 24.9 Å². The molecule has 1 atom stereocenters. The Kier molecular flexibility index (Phi) is 6.23. The molecular formula is C28H28N4O3. The summed E-state index contributed by atoms with van der Waals surface area (Å²) >= 11 is 0. The Morgan fingerprint density at radius 2 is 1.77 bits per heavy atom. The van der Waals surface area contributed by atoms with Crippen molar-refractivity contribution in [1.29, 1.82) is 0 Å². The van der Waals surface area contributed by atoms with Gasteiger partial charge >= 0.3 is 0 Å². The zero-order valence-electron chi connectivity index (χ0n) is 20.1. The monoisotopic (exact) mass is 468 g/mol. The Bertz CT molecular complexity index is 1330. The molecule has 4 aromatic rings. The Hall–Kier alpha value is -4.13. The average molecular weight is 469 g/mol. The fourth-order valence-corrected chi connectivity index (χ4v) is 4.56. The van der Waals surface area contributed by atoms with E-state index < -0.39 is 0 Å². The lowest BCUT2D eigenvalue weighted by Gasteiger charge is -2.27. The third-order valence-corrected chi connectivity index (χ3v) is 6.15. The van der Waals surface area contributed by atoms with Crippen LogP contribution in [0.4, 0.5) is 0 Å². The summed E-state index contributed by atoms with van der Waals surface area (Å²) in [5, 5.41) is 7.59. The van der Waals surface area contributed by atoms with E-state index in [1.807, 2.05) is 61.2 Å². The number of pyridine rings is 1. The third kappa shape index (κ3) is 4.25. The van der Waals surface area contributed by atoms with Crippen LogP contribution in [0.25, 0.3) is 11.3 Å². The van der Waals surface area contributed by atoms with Gasteiger partial charge in [0.1, 0.15) is 5.69 Å². The predicted octanol–water partition coefficient (Wildman–Crippen LogP) is 5.32. The summed E-state index contributed by atoms with van der Waals surface area (Å²) in [6, 6.07) is 17.6. The summed E-state index contributed by atoms with van der Waals surface area (Å²) < 4.78 is 11.7. The number of benzene rings is 2. The third-order valence-electron chi connectivity index (χ3n) is 6.15. The molecule has 0 saturated heterocycles. The topological polar surface area (TPSA) is 80.3 Å². The Balaban J connectivity index is 1.65. The van der Waals surface area contributed by atoms with E-state index in [1.54, 1.807) is 12.4 Å². The molecule has 0 fully saturated rings. The van der Waals surface area contributed by atoms with Crippen LogP contribution in [0.5, 0.6) is 11.5 Å². The molecule has 2 aromatic carbocycles. The maximum Gasteiger partial charge on any atom is 0.273 e. The minimum atomic E-state index is -0.345. The first-order chi connectivity index (χ1) is 17.1. The second-order valence-corrected chi connectivity index (χ2v) is 8.50. The molecule has 0 aliphatic carbocycles. The van der Waals surface area contributed by atoms with Crippen molar-refractivity contribution >= 4 is 5.91 Å². The van der Waals surface area contributed by atoms with Crippen molar-refractivity contribution in [1.82, 2.24) is 20.1 Å². The van der Waals surface area contributed by atoms with E-state index in [0.717, 1.165) is 27.9 Å². The summed E-state index contributed by atoms with van der Waals surface area (Å²) in [4.78, 5) is 19.7. The normalized spacial score (nSPS) is 14.8. The van der Waals surface area contributed by atoms with E-state index in [1.165, 1.54) is 5.56 Å². The number of carbonyl (C=O) groups excluding carboxylic acids is 1. The van der Waals surface area contributed by atoms with Gasteiger partial charge < -0.3 is 14.4 Å². The highest BCUT2D eigenvalue weighted by Crippen LogP contribution is 2.45. The number of nitrogens with zero attached hydrogens (tertiary/aromatic N) is 3. The first kappa shape index (κ1) is 22.7. The van der Waals surface area contributed by atoms with E-state index in [0.29, 0.717) is 37.0 Å². The molecule has 35 heavy (non-hydrogen) atoms. The molecule has 1 aliphatic heterocycles. The quantitative estimate of drug-likeness (QED) is 0.378. The fraction of sp³-hybridized carbons (Fsp3) is 0.250. The highest BCUT2D eigenvalue weighted by molar-refractivity contribution is 6.00. The van der Waals surface area contributed by atoms with Gasteiger partial charge in [-0.1, -0.05) is 42.0 Å². The number of ether oxygens (including phenoxy) is 2. The van der Waals surface area contributed by atoms with Crippen LogP contribution in [-0.2, 0) is 6.54 Å². The molecular weight excluding hydrogens is 440 g/mol. The maximum absolute atomic E-state index is 13.6. The van der Waals surface area contributed by atoms with Crippen LogP contribution in [0.2, 0.25) is 0 Å². The number of fused-ring (bicyclic) bond motifs is 1. The van der Waals surface area contributed by atoms with E-state index in [9.17, 15) is 4.79 Å². The van der Waals surface area contributed by atoms with Gasteiger partial charge in [0.2, 0.25) is 0 Å². The molecule has 5 rings (SSSR count). The van der Waals surface area contributed by atoms with Crippen LogP contribution in [0.15, 0.2) is 67.0 Å². The van der Waals surface area contributed by atoms with Gasteiger partial charge in [0.25, 0.3) is 5.91 Å². The van der Waals surface area contributed by atoms with Crippen LogP contribution in [0.1, 0.15) is 52.6 Å². The molecule has 1 amide bonds. The Labute approximate surface area is 204 Å². The fourth-order valence-electron chi connectivity index (χ4n) is 4.56. The van der Waals surface area contributed by atoms with Crippen molar-refractivity contribution in [2.75, 3.05) is 13.2 Å². The van der Waals surface area contributed by atoms with Gasteiger partial charge in [-0.25, -0.2) is 0 Å². The summed E-state index contributed by atoms with van der Waals surface area (Å²) in [6.45, 7) is 7.41. The molecule has 3 heterocycles. The van der Waals surface area contributed by atoms with Crippen molar-refractivity contribution < 1.29 is 14.3 Å². The zero-order chi connectivity index (χ0) is 24.4. The van der Waals surface area contributed by atoms with Gasteiger partial charge in [-0.3, -0.25) is 14.9 Å². The first-order valence-corrected chi connectivity index (χ1v) is 11.8. The number of nitrogens with one attached hydrogen (secondary N) is 1. The number of rotatable bonds is 8. The van der Waals surface area contributed by atoms with Gasteiger partial charge in [0, 0.05) is 30.1 Å². The van der Waals surface area contributed by atoms with E-state index >= 15 is 0 Å². The molecule has 1 aliphatic rings. The van der Waals surface area contributed by atoms with Crippen molar-refractivity contribution in [3.8, 4) is 22.8 Å². The largest absolute Gasteiger partial charge is 0.490 e. The number of aromatic nitrogens is 3. The molecule has 0 radical (unpaired) electrons. The SMILES string of the molecule is CCOc1ccc(C2c3c(-c4ccc(C)cc4)n[nH]c3C(=O)N2Cc2cccnc2)cc1OCC. The number of carbonyl (C=O) groups is 1. The molecule has 1 N–H and O–H groups in total. The summed E-state index contributed by atoms with van der Waals surface area (Å²) in [5.74, 6) is 1.26. The second kappa shape index (κ2) is 9.62. The number of aryl methyl sites for hydroxylation is 1. The summed E-state index contributed by atoms with van der Waals surface area (Å²) in [6.07, 6.45) is 3.52. The van der Waals surface area contributed by atoms with Crippen LogP contribution in [0, 0.1) is 6.92 Å². The zero-order valence-corrected chi connectivity index (χ0v) is 20.1. The predicted molar refractivity (Wildman–Crippen MR) is 133 cm³/mol. The first-order valence-electron chi connectivity index (χ1n) is 11.8. The second-order valence-electron chi connectivity index (χ2n) is 8.50. The summed E-state index contributed by atoms with van der Waals surface area (Å²) in [5.41, 5.74) is 6.18. The number of hydrogen-bond donors (Lipinski definition) is 1. The smallest absolute Gasteiger partial charge is 0.273 e. The van der Waals surface area contributed by atoms with Gasteiger partial charge in [0.15, 0.2) is 11.5 Å². The van der Waals surface area contributed by atoms with Gasteiger partial charge in [-0.2, -0.15) is 5.10 Å². The van der Waals surface area contributed by atoms with Crippen LogP contribution >= 0.6 is 0 Å². The van der Waals surface area contributed by atoms with Crippen LogP contribution in [0.3, 0.4) is 0 Å². The van der Waals surface area contributed by atoms with Crippen molar-refractivity contribution in [2.45, 2.75) is 33.4 Å². The van der Waals surface area contributed by atoms with E-state index in [2.05, 4.69) is 34.2 Å². The molecule has 178 valence electrons. The summed E-state index contributed by atoms with van der Waals surface area (Å²) in [7, 11) is 0. The van der Waals surface area contributed by atoms with E-state index in [-0.39, 0.29) is 11.9 Å². The number of hydrogen-bond acceptors (Lipinski definition) is 5. The molecule has 7 heteroatoms. The lowest BCUT2D eigenvalue weighted by molar-refractivity contribution is 0.0729. The minimum absolute atomic E-state index is 0.0911. The lowest BCUT2D eigenvalue weighted by atomic mass is 9.95. The highest BCUT2D eigenvalue weighted by atomic mass is 16.5. The molecule has 2 aromatic heterocycles. The highest BCUT2D eigenvalue weighted by Gasteiger charge is 2.42. The number of aromatic amines is 1. The molecule has 0 bridgehead atoms. The molecule has 7 nitrogen and oxygen atoms in total. The van der Waals surface area contributed by atoms with Crippen molar-refractivity contribution in [3.63, 3.8) is 0 Å². The molecule has 0 spiro atoms. The number of amides is 1. The van der Waals surface area contributed by atoms with Crippen LogP contribution < -0.4 is 9.47 Å². The lowest BCUT2D eigenvalue weighted by Crippen LogP contribution is -2.29. The molecule has 0 saturated carbocycles. The van der Waals surface area contributed by atoms with Gasteiger partial charge in [-0.05, 0) is 50.1 Å². The number of H-pyrrole nitrogens is 1. The Morgan fingerprint density at radius 3 is 2.49 bits per heavy atom. The van der Waals surface area contributed by atoms with Crippen molar-refractivity contribution in [2.24, 2.45) is 0 Å². The standard InChI is InChI=1S/C28H28N4O3/c1-4-34-22-13-12-21(15-23(22)35-5-2)27-24-25(20-10-8-18(3)9-11-20)30-31-26(24)28(33)32(27)17-19-7-6-14-29-16-19/h6-16,27H,4-5,17H2,1-3H3,(H,30,31). The minimum Gasteiger partial charge on any atom is -0.490 e. The van der Waals surface area contributed by atoms with E-state index in [4.69, 9.17) is 9.47 Å². The van der Waals surface area contributed by atoms with Gasteiger partial charge in [-0.15, -0.1) is 0 Å². The Morgan fingerprint density at radius 1 is 1.00 bits per heavy atom. The maximum atomic E-state index is 13.6. The molecule has 1 unspecified atom stereocenters. The average Bonchev–Trinajstić information content (AvgIpc) is 3.41. The van der Waals surface area contributed by atoms with Crippen molar-refractivity contribution in [3.05, 3.63) is 94.9 Å². The van der Waals surface area contributed by atoms with Crippen LogP contribution in [-0.4, -0.2) is 39.2 Å².